The molecule has 136 valence electrons. The van der Waals surface area contributed by atoms with Crippen LogP contribution in [0.4, 0.5) is 0 Å². The van der Waals surface area contributed by atoms with Gasteiger partial charge in [0, 0.05) is 44.0 Å². The van der Waals surface area contributed by atoms with Gasteiger partial charge in [-0.1, -0.05) is 18.2 Å². The molecule has 1 N–H and O–H groups in total. The fourth-order valence-corrected chi connectivity index (χ4v) is 5.06. The number of allylic oxidation sites excluding steroid dienone is 1. The number of piperidine rings is 1. The SMILES string of the molecule is CN1C(=O)CCC2(CNC(=O)CCc3nc4ccccc4s3)CCC=C12. The van der Waals surface area contributed by atoms with E-state index in [1.807, 2.05) is 25.2 Å². The highest BCUT2D eigenvalue weighted by molar-refractivity contribution is 7.18. The first kappa shape index (κ1) is 17.2. The highest BCUT2D eigenvalue weighted by Gasteiger charge is 2.44. The first-order valence-corrected chi connectivity index (χ1v) is 9.97. The fraction of sp³-hybridized carbons (Fsp3) is 0.450. The maximum Gasteiger partial charge on any atom is 0.226 e. The molecule has 2 amide bonds. The van der Waals surface area contributed by atoms with Crippen molar-refractivity contribution in [2.45, 2.75) is 38.5 Å². The summed E-state index contributed by atoms with van der Waals surface area (Å²) < 4.78 is 1.16. The summed E-state index contributed by atoms with van der Waals surface area (Å²) in [6, 6.07) is 8.05. The normalized spacial score (nSPS) is 22.4. The molecule has 0 spiro atoms. The molecule has 5 nitrogen and oxygen atoms in total. The van der Waals surface area contributed by atoms with Crippen molar-refractivity contribution < 1.29 is 9.59 Å². The molecule has 0 saturated carbocycles. The molecule has 1 unspecified atom stereocenters. The van der Waals surface area contributed by atoms with Crippen LogP contribution >= 0.6 is 11.3 Å². The summed E-state index contributed by atoms with van der Waals surface area (Å²) in [4.78, 5) is 30.7. The van der Waals surface area contributed by atoms with Gasteiger partial charge >= 0.3 is 0 Å². The molecular weight excluding hydrogens is 346 g/mol. The van der Waals surface area contributed by atoms with E-state index >= 15 is 0 Å². The third-order valence-corrected chi connectivity index (χ3v) is 6.68. The van der Waals surface area contributed by atoms with Crippen LogP contribution < -0.4 is 5.32 Å². The molecule has 1 aromatic heterocycles. The molecule has 1 fully saturated rings. The third-order valence-electron chi connectivity index (χ3n) is 5.58. The lowest BCUT2D eigenvalue weighted by atomic mass is 9.77. The van der Waals surface area contributed by atoms with Gasteiger partial charge in [-0.3, -0.25) is 9.59 Å². The minimum absolute atomic E-state index is 0.0597. The minimum atomic E-state index is -0.0613. The van der Waals surface area contributed by atoms with E-state index in [2.05, 4.69) is 22.4 Å². The van der Waals surface area contributed by atoms with E-state index in [1.165, 1.54) is 0 Å². The molecule has 4 rings (SSSR count). The number of hydrogen-bond acceptors (Lipinski definition) is 4. The Morgan fingerprint density at radius 1 is 1.35 bits per heavy atom. The summed E-state index contributed by atoms with van der Waals surface area (Å²) in [5.74, 6) is 0.236. The van der Waals surface area contributed by atoms with E-state index in [1.54, 1.807) is 16.2 Å². The Hall–Kier alpha value is -2.21. The summed E-state index contributed by atoms with van der Waals surface area (Å²) in [6.45, 7) is 0.620. The van der Waals surface area contributed by atoms with Crippen LogP contribution in [0.1, 0.15) is 37.1 Å². The molecule has 1 atom stereocenters. The first-order valence-electron chi connectivity index (χ1n) is 9.16. The number of carbonyl (C=O) groups excluding carboxylic acids is 2. The second kappa shape index (κ2) is 6.83. The number of carbonyl (C=O) groups is 2. The summed E-state index contributed by atoms with van der Waals surface area (Å²) >= 11 is 1.66. The Morgan fingerprint density at radius 2 is 2.19 bits per heavy atom. The number of rotatable bonds is 5. The molecule has 6 heteroatoms. The average Bonchev–Trinajstić information content (AvgIpc) is 3.26. The van der Waals surface area contributed by atoms with Crippen LogP contribution in [-0.2, 0) is 16.0 Å². The van der Waals surface area contributed by atoms with Crippen LogP contribution in [0, 0.1) is 5.41 Å². The Labute approximate surface area is 157 Å². The van der Waals surface area contributed by atoms with Gasteiger partial charge in [-0.05, 0) is 31.4 Å². The van der Waals surface area contributed by atoms with Gasteiger partial charge in [0.25, 0.3) is 0 Å². The van der Waals surface area contributed by atoms with Gasteiger partial charge < -0.3 is 10.2 Å². The predicted octanol–water partition coefficient (Wildman–Crippen LogP) is 3.26. The largest absolute Gasteiger partial charge is 0.355 e. The minimum Gasteiger partial charge on any atom is -0.355 e. The van der Waals surface area contributed by atoms with Gasteiger partial charge in [-0.25, -0.2) is 4.98 Å². The second-order valence-corrected chi connectivity index (χ2v) is 8.33. The molecule has 1 aliphatic carbocycles. The van der Waals surface area contributed by atoms with Crippen molar-refractivity contribution in [3.8, 4) is 0 Å². The topological polar surface area (TPSA) is 62.3 Å². The van der Waals surface area contributed by atoms with Gasteiger partial charge in [0.05, 0.1) is 15.2 Å². The number of fused-ring (bicyclic) bond motifs is 2. The quantitative estimate of drug-likeness (QED) is 0.880. The van der Waals surface area contributed by atoms with Crippen LogP contribution in [0.2, 0.25) is 0 Å². The van der Waals surface area contributed by atoms with Crippen LogP contribution in [0.25, 0.3) is 10.2 Å². The Morgan fingerprint density at radius 3 is 3.04 bits per heavy atom. The molecule has 0 radical (unpaired) electrons. The van der Waals surface area contributed by atoms with Crippen LogP contribution in [-0.4, -0.2) is 35.3 Å². The number of benzene rings is 1. The molecule has 26 heavy (non-hydrogen) atoms. The lowest BCUT2D eigenvalue weighted by molar-refractivity contribution is -0.132. The van der Waals surface area contributed by atoms with Crippen molar-refractivity contribution in [2.24, 2.45) is 5.41 Å². The van der Waals surface area contributed by atoms with Gasteiger partial charge in [0.1, 0.15) is 0 Å². The Bertz CT molecular complexity index is 855. The van der Waals surface area contributed by atoms with Gasteiger partial charge in [-0.15, -0.1) is 11.3 Å². The number of nitrogens with one attached hydrogen (secondary N) is 1. The number of hydrogen-bond donors (Lipinski definition) is 1. The van der Waals surface area contributed by atoms with Gasteiger partial charge in [0.15, 0.2) is 0 Å². The van der Waals surface area contributed by atoms with Crippen molar-refractivity contribution in [1.29, 1.82) is 0 Å². The van der Waals surface area contributed by atoms with Crippen molar-refractivity contribution in [3.05, 3.63) is 41.0 Å². The number of amides is 2. The number of likely N-dealkylation sites (tertiary alicyclic amines) is 1. The van der Waals surface area contributed by atoms with E-state index < -0.39 is 0 Å². The van der Waals surface area contributed by atoms with Crippen LogP contribution in [0.15, 0.2) is 36.0 Å². The standard InChI is InChI=1S/C20H23N3O2S/c1-23-16-7-4-11-20(16,12-10-19(23)25)13-21-17(24)8-9-18-22-14-5-2-3-6-15(14)26-18/h2-3,5-7H,4,8-13H2,1H3,(H,21,24). The second-order valence-electron chi connectivity index (χ2n) is 7.21. The zero-order valence-electron chi connectivity index (χ0n) is 15.0. The van der Waals surface area contributed by atoms with Crippen molar-refractivity contribution in [1.82, 2.24) is 15.2 Å². The molecular formula is C20H23N3O2S. The molecule has 2 aromatic rings. The number of aryl methyl sites for hydroxylation is 1. The number of para-hydroxylation sites is 1. The summed E-state index contributed by atoms with van der Waals surface area (Å²) in [5.41, 5.74) is 2.04. The summed E-state index contributed by atoms with van der Waals surface area (Å²) in [5, 5.41) is 4.12. The van der Waals surface area contributed by atoms with E-state index in [0.29, 0.717) is 25.8 Å². The zero-order valence-corrected chi connectivity index (χ0v) is 15.8. The van der Waals surface area contributed by atoms with E-state index in [9.17, 15) is 9.59 Å². The molecule has 1 aromatic carbocycles. The van der Waals surface area contributed by atoms with Crippen LogP contribution in [0.5, 0.6) is 0 Å². The lowest BCUT2D eigenvalue weighted by Gasteiger charge is -2.41. The predicted molar refractivity (Wildman–Crippen MR) is 103 cm³/mol. The monoisotopic (exact) mass is 369 g/mol. The van der Waals surface area contributed by atoms with Gasteiger partial charge in [-0.2, -0.15) is 0 Å². The Kier molecular flexibility index (Phi) is 4.53. The molecule has 1 aliphatic heterocycles. The lowest BCUT2D eigenvalue weighted by Crippen LogP contribution is -2.46. The summed E-state index contributed by atoms with van der Waals surface area (Å²) in [6.07, 6.45) is 6.66. The van der Waals surface area contributed by atoms with Crippen molar-refractivity contribution >= 4 is 33.4 Å². The molecule has 2 aliphatic rings. The molecule has 0 bridgehead atoms. The highest BCUT2D eigenvalue weighted by atomic mass is 32.1. The highest BCUT2D eigenvalue weighted by Crippen LogP contribution is 2.46. The van der Waals surface area contributed by atoms with Gasteiger partial charge in [0.2, 0.25) is 11.8 Å². The Balaban J connectivity index is 1.34. The number of nitrogens with zero attached hydrogens (tertiary/aromatic N) is 2. The van der Waals surface area contributed by atoms with Crippen molar-refractivity contribution in [3.63, 3.8) is 0 Å². The maximum absolute atomic E-state index is 12.4. The van der Waals surface area contributed by atoms with E-state index in [-0.39, 0.29) is 17.2 Å². The third kappa shape index (κ3) is 3.14. The molecule has 2 heterocycles. The first-order chi connectivity index (χ1) is 12.6. The van der Waals surface area contributed by atoms with E-state index in [0.717, 1.165) is 40.2 Å². The molecule has 1 saturated heterocycles. The maximum atomic E-state index is 12.4. The summed E-state index contributed by atoms with van der Waals surface area (Å²) in [7, 11) is 1.85. The van der Waals surface area contributed by atoms with E-state index in [4.69, 9.17) is 0 Å². The zero-order chi connectivity index (χ0) is 18.1. The smallest absolute Gasteiger partial charge is 0.226 e. The van der Waals surface area contributed by atoms with Crippen LogP contribution in [0.3, 0.4) is 0 Å². The average molecular weight is 369 g/mol. The number of aromatic nitrogens is 1. The van der Waals surface area contributed by atoms with Crippen molar-refractivity contribution in [2.75, 3.05) is 13.6 Å². The number of thiazole rings is 1. The fourth-order valence-electron chi connectivity index (χ4n) is 4.09.